The number of benzene rings is 2. The van der Waals surface area contributed by atoms with Gasteiger partial charge in [0.2, 0.25) is 0 Å². The lowest BCUT2D eigenvalue weighted by atomic mass is 9.99. The topological polar surface area (TPSA) is 26.0 Å². The van der Waals surface area contributed by atoms with E-state index in [4.69, 9.17) is 17.3 Å². The van der Waals surface area contributed by atoms with Crippen molar-refractivity contribution in [2.75, 3.05) is 0 Å². The second kappa shape index (κ2) is 5.34. The Hall–Kier alpha value is -0.970. The standard InChI is InChI=1S/C13H9BrClF2N/c14-11-4-1-7(15)5-10(11)13(18)9-3-2-8(16)6-12(9)17/h1-6,13H,18H2. The quantitative estimate of drug-likeness (QED) is 0.865. The first-order valence-electron chi connectivity index (χ1n) is 5.14. The van der Waals surface area contributed by atoms with Crippen LogP contribution in [-0.2, 0) is 0 Å². The molecular formula is C13H9BrClF2N. The highest BCUT2D eigenvalue weighted by atomic mass is 79.9. The first-order chi connectivity index (χ1) is 8.49. The highest BCUT2D eigenvalue weighted by Gasteiger charge is 2.17. The lowest BCUT2D eigenvalue weighted by molar-refractivity contribution is 0.565. The molecule has 0 aliphatic rings. The van der Waals surface area contributed by atoms with Crippen molar-refractivity contribution in [1.29, 1.82) is 0 Å². The Morgan fingerprint density at radius 2 is 1.78 bits per heavy atom. The largest absolute Gasteiger partial charge is 0.320 e. The van der Waals surface area contributed by atoms with E-state index in [2.05, 4.69) is 15.9 Å². The minimum atomic E-state index is -0.710. The van der Waals surface area contributed by atoms with E-state index in [1.54, 1.807) is 18.2 Å². The van der Waals surface area contributed by atoms with Gasteiger partial charge < -0.3 is 5.73 Å². The average molecular weight is 333 g/mol. The third-order valence-corrected chi connectivity index (χ3v) is 3.55. The maximum Gasteiger partial charge on any atom is 0.131 e. The Morgan fingerprint density at radius 3 is 2.44 bits per heavy atom. The lowest BCUT2D eigenvalue weighted by Gasteiger charge is -2.15. The minimum Gasteiger partial charge on any atom is -0.320 e. The molecule has 0 aromatic heterocycles. The van der Waals surface area contributed by atoms with Crippen molar-refractivity contribution in [2.45, 2.75) is 6.04 Å². The summed E-state index contributed by atoms with van der Waals surface area (Å²) in [5, 5.41) is 0.506. The van der Waals surface area contributed by atoms with E-state index in [-0.39, 0.29) is 5.56 Å². The molecule has 2 aromatic carbocycles. The number of hydrogen-bond donors (Lipinski definition) is 1. The molecule has 94 valence electrons. The van der Waals surface area contributed by atoms with Crippen LogP contribution in [0.4, 0.5) is 8.78 Å². The van der Waals surface area contributed by atoms with Crippen LogP contribution in [0, 0.1) is 11.6 Å². The normalized spacial score (nSPS) is 12.5. The van der Waals surface area contributed by atoms with Crippen LogP contribution in [-0.4, -0.2) is 0 Å². The van der Waals surface area contributed by atoms with Crippen LogP contribution in [0.2, 0.25) is 5.02 Å². The van der Waals surface area contributed by atoms with Gasteiger partial charge in [-0.3, -0.25) is 0 Å². The molecule has 0 aliphatic heterocycles. The average Bonchev–Trinajstić information content (AvgIpc) is 2.31. The smallest absolute Gasteiger partial charge is 0.131 e. The van der Waals surface area contributed by atoms with Gasteiger partial charge in [0.1, 0.15) is 11.6 Å². The van der Waals surface area contributed by atoms with Crippen molar-refractivity contribution in [3.63, 3.8) is 0 Å². The molecule has 0 heterocycles. The molecule has 0 radical (unpaired) electrons. The van der Waals surface area contributed by atoms with E-state index < -0.39 is 17.7 Å². The summed E-state index contributed by atoms with van der Waals surface area (Å²) in [7, 11) is 0. The van der Waals surface area contributed by atoms with Crippen LogP contribution in [0.1, 0.15) is 17.2 Å². The third-order valence-electron chi connectivity index (χ3n) is 2.59. The summed E-state index contributed by atoms with van der Waals surface area (Å²) >= 11 is 9.22. The molecule has 0 amide bonds. The molecule has 0 fully saturated rings. The number of halogens is 4. The molecule has 0 aliphatic carbocycles. The summed E-state index contributed by atoms with van der Waals surface area (Å²) in [6.07, 6.45) is 0. The van der Waals surface area contributed by atoms with E-state index in [0.717, 1.165) is 10.5 Å². The van der Waals surface area contributed by atoms with E-state index >= 15 is 0 Å². The molecule has 18 heavy (non-hydrogen) atoms. The Bertz CT molecular complexity index is 589. The zero-order chi connectivity index (χ0) is 13.3. The highest BCUT2D eigenvalue weighted by Crippen LogP contribution is 2.30. The van der Waals surface area contributed by atoms with Crippen LogP contribution in [0.25, 0.3) is 0 Å². The van der Waals surface area contributed by atoms with Gasteiger partial charge >= 0.3 is 0 Å². The summed E-state index contributed by atoms with van der Waals surface area (Å²) in [5.74, 6) is -1.30. The Kier molecular flexibility index (Phi) is 4.00. The first kappa shape index (κ1) is 13.5. The fourth-order valence-electron chi connectivity index (χ4n) is 1.67. The van der Waals surface area contributed by atoms with Crippen LogP contribution >= 0.6 is 27.5 Å². The van der Waals surface area contributed by atoms with Crippen LogP contribution in [0.15, 0.2) is 40.9 Å². The van der Waals surface area contributed by atoms with Gasteiger partial charge in [-0.2, -0.15) is 0 Å². The number of nitrogens with two attached hydrogens (primary N) is 1. The van der Waals surface area contributed by atoms with Gasteiger partial charge in [0, 0.05) is 21.1 Å². The fraction of sp³-hybridized carbons (Fsp3) is 0.0769. The Labute approximate surface area is 117 Å². The number of rotatable bonds is 2. The summed E-state index contributed by atoms with van der Waals surface area (Å²) in [6.45, 7) is 0. The minimum absolute atomic E-state index is 0.222. The van der Waals surface area contributed by atoms with E-state index in [1.165, 1.54) is 12.1 Å². The van der Waals surface area contributed by atoms with E-state index in [9.17, 15) is 8.78 Å². The summed E-state index contributed by atoms with van der Waals surface area (Å²) in [5.41, 5.74) is 6.85. The second-order valence-corrected chi connectivity index (χ2v) is 5.10. The molecule has 2 rings (SSSR count). The second-order valence-electron chi connectivity index (χ2n) is 3.81. The van der Waals surface area contributed by atoms with Crippen LogP contribution in [0.3, 0.4) is 0 Å². The Morgan fingerprint density at radius 1 is 1.06 bits per heavy atom. The molecule has 1 nitrogen and oxygen atoms in total. The molecule has 2 aromatic rings. The molecular weight excluding hydrogens is 324 g/mol. The monoisotopic (exact) mass is 331 g/mol. The molecule has 0 bridgehead atoms. The molecule has 1 unspecified atom stereocenters. The molecule has 2 N–H and O–H groups in total. The first-order valence-corrected chi connectivity index (χ1v) is 6.31. The van der Waals surface area contributed by atoms with E-state index in [0.29, 0.717) is 10.6 Å². The van der Waals surface area contributed by atoms with Gasteiger partial charge in [-0.15, -0.1) is 0 Å². The molecule has 0 saturated heterocycles. The van der Waals surface area contributed by atoms with Crippen molar-refractivity contribution in [2.24, 2.45) is 5.73 Å². The van der Waals surface area contributed by atoms with Crippen molar-refractivity contribution in [1.82, 2.24) is 0 Å². The zero-order valence-corrected chi connectivity index (χ0v) is 11.5. The van der Waals surface area contributed by atoms with Gasteiger partial charge in [0.15, 0.2) is 0 Å². The molecule has 0 spiro atoms. The van der Waals surface area contributed by atoms with E-state index in [1.807, 2.05) is 0 Å². The predicted molar refractivity (Wildman–Crippen MR) is 71.5 cm³/mol. The third kappa shape index (κ3) is 2.71. The Balaban J connectivity index is 2.47. The number of hydrogen-bond acceptors (Lipinski definition) is 1. The lowest BCUT2D eigenvalue weighted by Crippen LogP contribution is -2.14. The summed E-state index contributed by atoms with van der Waals surface area (Å²) < 4.78 is 27.2. The maximum atomic E-state index is 13.7. The SMILES string of the molecule is NC(c1ccc(F)cc1F)c1cc(Cl)ccc1Br. The summed E-state index contributed by atoms with van der Waals surface area (Å²) in [4.78, 5) is 0. The fourth-order valence-corrected chi connectivity index (χ4v) is 2.35. The van der Waals surface area contributed by atoms with Crippen LogP contribution in [0.5, 0.6) is 0 Å². The van der Waals surface area contributed by atoms with Gasteiger partial charge in [0.05, 0.1) is 6.04 Å². The van der Waals surface area contributed by atoms with Crippen LogP contribution < -0.4 is 5.73 Å². The predicted octanol–water partition coefficient (Wildman–Crippen LogP) is 4.43. The molecule has 0 saturated carbocycles. The van der Waals surface area contributed by atoms with Crippen molar-refractivity contribution in [3.05, 3.63) is 68.7 Å². The van der Waals surface area contributed by atoms with Crippen molar-refractivity contribution in [3.8, 4) is 0 Å². The maximum absolute atomic E-state index is 13.7. The van der Waals surface area contributed by atoms with Gasteiger partial charge in [0.25, 0.3) is 0 Å². The van der Waals surface area contributed by atoms with Crippen molar-refractivity contribution < 1.29 is 8.78 Å². The van der Waals surface area contributed by atoms with Gasteiger partial charge in [-0.25, -0.2) is 8.78 Å². The molecule has 1 atom stereocenters. The zero-order valence-electron chi connectivity index (χ0n) is 9.13. The van der Waals surface area contributed by atoms with Crippen molar-refractivity contribution >= 4 is 27.5 Å². The summed E-state index contributed by atoms with van der Waals surface area (Å²) in [6, 6.07) is 7.70. The highest BCUT2D eigenvalue weighted by molar-refractivity contribution is 9.10. The molecule has 5 heteroatoms. The van der Waals surface area contributed by atoms with Gasteiger partial charge in [-0.05, 0) is 29.8 Å². The van der Waals surface area contributed by atoms with Gasteiger partial charge in [-0.1, -0.05) is 33.6 Å².